The van der Waals surface area contributed by atoms with Gasteiger partial charge in [0, 0.05) is 20.0 Å². The van der Waals surface area contributed by atoms with E-state index in [1.807, 2.05) is 11.9 Å². The Morgan fingerprint density at radius 2 is 2.26 bits per heavy atom. The van der Waals surface area contributed by atoms with Gasteiger partial charge < -0.3 is 10.2 Å². The zero-order valence-electron chi connectivity index (χ0n) is 11.3. The van der Waals surface area contributed by atoms with Gasteiger partial charge in [-0.2, -0.15) is 0 Å². The first-order valence-electron chi connectivity index (χ1n) is 6.82. The van der Waals surface area contributed by atoms with Gasteiger partial charge in [-0.05, 0) is 71.2 Å². The second-order valence-electron chi connectivity index (χ2n) is 5.24. The van der Waals surface area contributed by atoms with Crippen LogP contribution >= 0.6 is 27.3 Å². The van der Waals surface area contributed by atoms with Gasteiger partial charge in [-0.3, -0.25) is 4.79 Å². The van der Waals surface area contributed by atoms with Gasteiger partial charge in [0.15, 0.2) is 0 Å². The smallest absolute Gasteiger partial charge is 0.222 e. The van der Waals surface area contributed by atoms with E-state index in [1.54, 1.807) is 11.3 Å². The van der Waals surface area contributed by atoms with Crippen LogP contribution in [0.1, 0.15) is 31.2 Å². The highest BCUT2D eigenvalue weighted by atomic mass is 79.9. The second kappa shape index (κ2) is 7.41. The summed E-state index contributed by atoms with van der Waals surface area (Å²) in [5.41, 5.74) is 1.20. The van der Waals surface area contributed by atoms with Crippen molar-refractivity contribution in [3.8, 4) is 0 Å². The van der Waals surface area contributed by atoms with Gasteiger partial charge in [0.25, 0.3) is 0 Å². The first-order chi connectivity index (χ1) is 9.15. The zero-order valence-corrected chi connectivity index (χ0v) is 13.7. The first kappa shape index (κ1) is 15.0. The quantitative estimate of drug-likeness (QED) is 0.889. The summed E-state index contributed by atoms with van der Waals surface area (Å²) in [6, 6.07) is 2.08. The van der Waals surface area contributed by atoms with Crippen LogP contribution in [-0.4, -0.2) is 30.9 Å². The van der Waals surface area contributed by atoms with Gasteiger partial charge in [-0.1, -0.05) is 0 Å². The fourth-order valence-corrected chi connectivity index (χ4v) is 3.68. The highest BCUT2D eigenvalue weighted by molar-refractivity contribution is 9.11. The molecule has 3 nitrogen and oxygen atoms in total. The average molecular weight is 345 g/mol. The van der Waals surface area contributed by atoms with E-state index in [0.717, 1.165) is 29.2 Å². The van der Waals surface area contributed by atoms with E-state index in [9.17, 15) is 4.79 Å². The Morgan fingerprint density at radius 1 is 1.53 bits per heavy atom. The zero-order chi connectivity index (χ0) is 13.7. The summed E-state index contributed by atoms with van der Waals surface area (Å²) in [5.74, 6) is 0.995. The molecule has 1 aliphatic rings. The van der Waals surface area contributed by atoms with E-state index in [2.05, 4.69) is 32.7 Å². The van der Waals surface area contributed by atoms with Gasteiger partial charge in [0.1, 0.15) is 0 Å². The van der Waals surface area contributed by atoms with Crippen LogP contribution in [0.5, 0.6) is 0 Å². The third kappa shape index (κ3) is 4.89. The molecule has 0 unspecified atom stereocenters. The molecule has 0 aliphatic carbocycles. The summed E-state index contributed by atoms with van der Waals surface area (Å²) in [6.07, 6.45) is 4.16. The molecule has 1 fully saturated rings. The molecule has 5 heteroatoms. The van der Waals surface area contributed by atoms with Gasteiger partial charge in [-0.15, -0.1) is 11.3 Å². The van der Waals surface area contributed by atoms with E-state index < -0.39 is 0 Å². The standard InChI is InChI=1S/C14H21BrN2OS/c1-17(9-12-8-13(15)19-10-12)14(18)3-2-11-4-6-16-7-5-11/h8,10-11,16H,2-7,9H2,1H3. The lowest BCUT2D eigenvalue weighted by Crippen LogP contribution is -2.30. The molecule has 1 amide bonds. The molecule has 0 radical (unpaired) electrons. The molecule has 2 heterocycles. The summed E-state index contributed by atoms with van der Waals surface area (Å²) in [5, 5.41) is 5.46. The van der Waals surface area contributed by atoms with Crippen molar-refractivity contribution in [1.82, 2.24) is 10.2 Å². The van der Waals surface area contributed by atoms with Gasteiger partial charge in [0.05, 0.1) is 3.79 Å². The lowest BCUT2D eigenvalue weighted by molar-refractivity contribution is -0.130. The SMILES string of the molecule is CN(Cc1csc(Br)c1)C(=O)CCC1CCNCC1. The summed E-state index contributed by atoms with van der Waals surface area (Å²) in [6.45, 7) is 2.93. The number of rotatable bonds is 5. The Labute approximate surface area is 127 Å². The van der Waals surface area contributed by atoms with Gasteiger partial charge in [0.2, 0.25) is 5.91 Å². The van der Waals surface area contributed by atoms with E-state index in [1.165, 1.54) is 18.4 Å². The fraction of sp³-hybridized carbons (Fsp3) is 0.643. The van der Waals surface area contributed by atoms with Crippen LogP contribution in [0.15, 0.2) is 15.2 Å². The molecule has 1 aromatic rings. The molecular formula is C14H21BrN2OS. The van der Waals surface area contributed by atoms with Crippen LogP contribution in [0.3, 0.4) is 0 Å². The van der Waals surface area contributed by atoms with Crippen molar-refractivity contribution in [2.24, 2.45) is 5.92 Å². The molecule has 0 saturated carbocycles. The maximum absolute atomic E-state index is 12.1. The average Bonchev–Trinajstić information content (AvgIpc) is 2.82. The van der Waals surface area contributed by atoms with Crippen molar-refractivity contribution in [2.45, 2.75) is 32.2 Å². The van der Waals surface area contributed by atoms with Crippen LogP contribution in [0.25, 0.3) is 0 Å². The second-order valence-corrected chi connectivity index (χ2v) is 7.53. The number of nitrogens with one attached hydrogen (secondary N) is 1. The largest absolute Gasteiger partial charge is 0.341 e. The van der Waals surface area contributed by atoms with E-state index in [4.69, 9.17) is 0 Å². The van der Waals surface area contributed by atoms with Crippen LogP contribution in [0.2, 0.25) is 0 Å². The highest BCUT2D eigenvalue weighted by Gasteiger charge is 2.16. The number of nitrogens with zero attached hydrogens (tertiary/aromatic N) is 1. The highest BCUT2D eigenvalue weighted by Crippen LogP contribution is 2.22. The Balaban J connectivity index is 1.72. The summed E-state index contributed by atoms with van der Waals surface area (Å²) in [4.78, 5) is 13.9. The molecule has 1 N–H and O–H groups in total. The maximum Gasteiger partial charge on any atom is 0.222 e. The minimum absolute atomic E-state index is 0.265. The minimum Gasteiger partial charge on any atom is -0.341 e. The number of thiophene rings is 1. The Bertz CT molecular complexity index is 415. The van der Waals surface area contributed by atoms with Crippen molar-refractivity contribution >= 4 is 33.2 Å². The summed E-state index contributed by atoms with van der Waals surface area (Å²) in [7, 11) is 1.90. The Hall–Kier alpha value is -0.390. The summed E-state index contributed by atoms with van der Waals surface area (Å²) >= 11 is 5.12. The van der Waals surface area contributed by atoms with Crippen LogP contribution in [0.4, 0.5) is 0 Å². The molecule has 1 aromatic heterocycles. The lowest BCUT2D eigenvalue weighted by atomic mass is 9.93. The van der Waals surface area contributed by atoms with E-state index >= 15 is 0 Å². The number of piperidine rings is 1. The Morgan fingerprint density at radius 3 is 2.89 bits per heavy atom. The molecule has 1 aliphatic heterocycles. The number of hydrogen-bond donors (Lipinski definition) is 1. The third-order valence-electron chi connectivity index (χ3n) is 3.69. The molecule has 0 bridgehead atoms. The van der Waals surface area contributed by atoms with Crippen LogP contribution in [-0.2, 0) is 11.3 Å². The molecule has 0 spiro atoms. The van der Waals surface area contributed by atoms with Crippen molar-refractivity contribution in [2.75, 3.05) is 20.1 Å². The predicted octanol–water partition coefficient (Wildman–Crippen LogP) is 3.25. The number of amides is 1. The fourth-order valence-electron chi connectivity index (χ4n) is 2.48. The molecule has 0 atom stereocenters. The number of carbonyl (C=O) groups is 1. The third-order valence-corrected chi connectivity index (χ3v) is 5.25. The van der Waals surface area contributed by atoms with Crippen molar-refractivity contribution in [1.29, 1.82) is 0 Å². The first-order valence-corrected chi connectivity index (χ1v) is 8.50. The van der Waals surface area contributed by atoms with Crippen molar-refractivity contribution in [3.05, 3.63) is 20.8 Å². The van der Waals surface area contributed by atoms with E-state index in [0.29, 0.717) is 13.0 Å². The predicted molar refractivity (Wildman–Crippen MR) is 83.3 cm³/mol. The van der Waals surface area contributed by atoms with Gasteiger partial charge in [-0.25, -0.2) is 0 Å². The molecule has 106 valence electrons. The van der Waals surface area contributed by atoms with Crippen molar-refractivity contribution in [3.63, 3.8) is 0 Å². The molecule has 0 aromatic carbocycles. The minimum atomic E-state index is 0.265. The molecule has 2 rings (SSSR count). The monoisotopic (exact) mass is 344 g/mol. The Kier molecular flexibility index (Phi) is 5.85. The van der Waals surface area contributed by atoms with Gasteiger partial charge >= 0.3 is 0 Å². The van der Waals surface area contributed by atoms with Crippen LogP contribution in [0, 0.1) is 5.92 Å². The molecule has 19 heavy (non-hydrogen) atoms. The van der Waals surface area contributed by atoms with Crippen LogP contribution < -0.4 is 5.32 Å². The number of halogens is 1. The molecule has 1 saturated heterocycles. The van der Waals surface area contributed by atoms with E-state index in [-0.39, 0.29) is 5.91 Å². The topological polar surface area (TPSA) is 32.3 Å². The maximum atomic E-state index is 12.1. The number of carbonyl (C=O) groups excluding carboxylic acids is 1. The van der Waals surface area contributed by atoms with Crippen molar-refractivity contribution < 1.29 is 4.79 Å². The lowest BCUT2D eigenvalue weighted by Gasteiger charge is -2.23. The normalized spacial score (nSPS) is 16.5. The molecular weight excluding hydrogens is 324 g/mol. The summed E-state index contributed by atoms with van der Waals surface area (Å²) < 4.78 is 1.12. The number of hydrogen-bond acceptors (Lipinski definition) is 3.